The van der Waals surface area contributed by atoms with E-state index in [4.69, 9.17) is 14.2 Å². The van der Waals surface area contributed by atoms with Gasteiger partial charge in [0.15, 0.2) is 17.3 Å². The molecule has 0 saturated heterocycles. The summed E-state index contributed by atoms with van der Waals surface area (Å²) in [6.07, 6.45) is 1.65. The fourth-order valence-corrected chi connectivity index (χ4v) is 4.43. The molecule has 3 aromatic carbocycles. The van der Waals surface area contributed by atoms with Crippen LogP contribution in [0.25, 0.3) is 0 Å². The van der Waals surface area contributed by atoms with Crippen LogP contribution in [0.2, 0.25) is 0 Å². The van der Waals surface area contributed by atoms with Crippen LogP contribution >= 0.6 is 11.8 Å². The molecule has 0 aliphatic carbocycles. The van der Waals surface area contributed by atoms with E-state index in [0.29, 0.717) is 23.0 Å². The number of nitrogens with zero attached hydrogens (tertiary/aromatic N) is 1. The minimum absolute atomic E-state index is 0.0653. The Kier molecular flexibility index (Phi) is 8.75. The Morgan fingerprint density at radius 1 is 0.875 bits per heavy atom. The molecule has 0 N–H and O–H groups in total. The zero-order valence-electron chi connectivity index (χ0n) is 18.5. The Bertz CT molecular complexity index is 974. The molecule has 3 aromatic rings. The first-order valence-electron chi connectivity index (χ1n) is 10.2. The topological polar surface area (TPSA) is 57.1 Å². The van der Waals surface area contributed by atoms with Crippen LogP contribution in [0.3, 0.4) is 0 Å². The van der Waals surface area contributed by atoms with Crippen LogP contribution in [0.4, 0.5) is 0 Å². The normalized spacial score (nSPS) is 11.0. The van der Waals surface area contributed by atoms with Gasteiger partial charge in [0.05, 0.1) is 38.9 Å². The number of methoxy groups -OCH3 is 3. The van der Waals surface area contributed by atoms with Crippen LogP contribution in [-0.4, -0.2) is 45.6 Å². The van der Waals surface area contributed by atoms with Crippen LogP contribution in [0, 0.1) is 0 Å². The summed E-state index contributed by atoms with van der Waals surface area (Å²) in [6, 6.07) is 24.1. The van der Waals surface area contributed by atoms with E-state index in [0.717, 1.165) is 5.56 Å². The second-order valence-corrected chi connectivity index (χ2v) is 8.07. The lowest BCUT2D eigenvalue weighted by Gasteiger charge is -2.17. The molecule has 6 heteroatoms. The molecular formula is C26H27NO4S. The number of benzene rings is 3. The Balaban J connectivity index is 1.64. The van der Waals surface area contributed by atoms with Crippen molar-refractivity contribution in [3.8, 4) is 17.2 Å². The van der Waals surface area contributed by atoms with Crippen molar-refractivity contribution in [1.29, 1.82) is 0 Å². The molecule has 0 atom stereocenters. The number of Topliss-reactive ketones (excluding diaryl/α,β-unsaturated/α-hetero) is 1. The number of aliphatic imine (C=N–C) groups is 1. The largest absolute Gasteiger partial charge is 0.493 e. The van der Waals surface area contributed by atoms with Gasteiger partial charge in [0.25, 0.3) is 0 Å². The van der Waals surface area contributed by atoms with Gasteiger partial charge in [-0.2, -0.15) is 0 Å². The van der Waals surface area contributed by atoms with Gasteiger partial charge in [-0.05, 0) is 28.8 Å². The molecule has 0 aliphatic heterocycles. The summed E-state index contributed by atoms with van der Waals surface area (Å²) in [5.74, 6) is 2.05. The third kappa shape index (κ3) is 6.14. The number of carbonyl (C=O) groups excluding carboxylic acids is 1. The molecule has 0 amide bonds. The average Bonchev–Trinajstić information content (AvgIpc) is 2.84. The number of carbonyl (C=O) groups is 1. The van der Waals surface area contributed by atoms with Crippen LogP contribution in [0.5, 0.6) is 17.2 Å². The minimum Gasteiger partial charge on any atom is -0.493 e. The second kappa shape index (κ2) is 12.0. The standard InChI is InChI=1S/C26H27NO4S/c1-29-23-14-19(15-24(30-2)25(23)31-3)16-27-17-22(28)18-32-26(20-10-6-4-7-11-20)21-12-8-5-9-13-21/h4-16,26H,17-18H2,1-3H3. The number of rotatable bonds is 11. The number of ether oxygens (including phenoxy) is 3. The molecule has 3 rings (SSSR count). The monoisotopic (exact) mass is 449 g/mol. The van der Waals surface area contributed by atoms with Crippen molar-refractivity contribution >= 4 is 23.8 Å². The maximum absolute atomic E-state index is 12.5. The summed E-state index contributed by atoms with van der Waals surface area (Å²) >= 11 is 1.62. The highest BCUT2D eigenvalue weighted by atomic mass is 32.2. The highest BCUT2D eigenvalue weighted by Gasteiger charge is 2.16. The summed E-state index contributed by atoms with van der Waals surface area (Å²) in [7, 11) is 4.69. The van der Waals surface area contributed by atoms with Crippen molar-refractivity contribution in [3.63, 3.8) is 0 Å². The lowest BCUT2D eigenvalue weighted by Crippen LogP contribution is -2.09. The highest BCUT2D eigenvalue weighted by molar-refractivity contribution is 8.00. The number of thioether (sulfide) groups is 1. The molecule has 0 radical (unpaired) electrons. The zero-order valence-corrected chi connectivity index (χ0v) is 19.3. The molecule has 32 heavy (non-hydrogen) atoms. The van der Waals surface area contributed by atoms with Crippen LogP contribution in [0.15, 0.2) is 77.8 Å². The molecule has 0 bridgehead atoms. The van der Waals surface area contributed by atoms with E-state index in [-0.39, 0.29) is 17.6 Å². The third-order valence-electron chi connectivity index (χ3n) is 4.81. The Hall–Kier alpha value is -3.25. The lowest BCUT2D eigenvalue weighted by atomic mass is 10.0. The van der Waals surface area contributed by atoms with Gasteiger partial charge in [-0.3, -0.25) is 9.79 Å². The summed E-state index contributed by atoms with van der Waals surface area (Å²) in [5, 5.41) is 0.0976. The minimum atomic E-state index is 0.0653. The quantitative estimate of drug-likeness (QED) is 0.376. The average molecular weight is 450 g/mol. The van der Waals surface area contributed by atoms with Crippen molar-refractivity contribution in [1.82, 2.24) is 0 Å². The van der Waals surface area contributed by atoms with Crippen molar-refractivity contribution in [3.05, 3.63) is 89.5 Å². The fourth-order valence-electron chi connectivity index (χ4n) is 3.29. The maximum Gasteiger partial charge on any atom is 0.203 e. The maximum atomic E-state index is 12.5. The van der Waals surface area contributed by atoms with Crippen molar-refractivity contribution in [2.24, 2.45) is 4.99 Å². The molecule has 166 valence electrons. The van der Waals surface area contributed by atoms with Crippen LogP contribution in [0.1, 0.15) is 21.9 Å². The van der Waals surface area contributed by atoms with E-state index in [1.807, 2.05) is 36.4 Å². The second-order valence-electron chi connectivity index (χ2n) is 6.98. The van der Waals surface area contributed by atoms with Gasteiger partial charge >= 0.3 is 0 Å². The first-order valence-corrected chi connectivity index (χ1v) is 11.2. The Morgan fingerprint density at radius 2 is 1.41 bits per heavy atom. The van der Waals surface area contributed by atoms with Crippen LogP contribution in [-0.2, 0) is 4.79 Å². The van der Waals surface area contributed by atoms with Gasteiger partial charge in [0.1, 0.15) is 0 Å². The number of ketones is 1. The van der Waals surface area contributed by atoms with Crippen molar-refractivity contribution in [2.75, 3.05) is 33.6 Å². The first-order chi connectivity index (χ1) is 15.7. The van der Waals surface area contributed by atoms with E-state index >= 15 is 0 Å². The molecule has 0 aliphatic rings. The lowest BCUT2D eigenvalue weighted by molar-refractivity contribution is -0.115. The highest BCUT2D eigenvalue weighted by Crippen LogP contribution is 2.38. The van der Waals surface area contributed by atoms with E-state index in [9.17, 15) is 4.79 Å². The summed E-state index contributed by atoms with van der Waals surface area (Å²) in [5.41, 5.74) is 3.13. The van der Waals surface area contributed by atoms with Crippen molar-refractivity contribution < 1.29 is 19.0 Å². The molecule has 0 unspecified atom stereocenters. The van der Waals surface area contributed by atoms with Crippen molar-refractivity contribution in [2.45, 2.75) is 5.25 Å². The molecule has 0 heterocycles. The predicted octanol–water partition coefficient (Wildman–Crippen LogP) is 5.22. The molecule has 5 nitrogen and oxygen atoms in total. The first kappa shape index (κ1) is 23.4. The molecule has 0 spiro atoms. The van der Waals surface area contributed by atoms with Gasteiger partial charge in [-0.15, -0.1) is 11.8 Å². The van der Waals surface area contributed by atoms with E-state index in [1.165, 1.54) is 11.1 Å². The van der Waals surface area contributed by atoms with E-state index < -0.39 is 0 Å². The molecular weight excluding hydrogens is 422 g/mol. The zero-order chi connectivity index (χ0) is 22.8. The fraction of sp³-hybridized carbons (Fsp3) is 0.231. The number of hydrogen-bond acceptors (Lipinski definition) is 6. The molecule has 0 saturated carbocycles. The summed E-state index contributed by atoms with van der Waals surface area (Å²) < 4.78 is 16.0. The Labute approximate surface area is 193 Å². The molecule has 0 aromatic heterocycles. The van der Waals surface area contributed by atoms with Gasteiger partial charge in [-0.25, -0.2) is 0 Å². The number of hydrogen-bond donors (Lipinski definition) is 0. The predicted molar refractivity (Wildman–Crippen MR) is 131 cm³/mol. The van der Waals surface area contributed by atoms with E-state index in [2.05, 4.69) is 29.3 Å². The van der Waals surface area contributed by atoms with Gasteiger partial charge in [0.2, 0.25) is 5.75 Å². The Morgan fingerprint density at radius 3 is 1.88 bits per heavy atom. The van der Waals surface area contributed by atoms with Crippen LogP contribution < -0.4 is 14.2 Å². The van der Waals surface area contributed by atoms with Gasteiger partial charge in [-0.1, -0.05) is 60.7 Å². The SMILES string of the molecule is COc1cc(C=NCC(=O)CSC(c2ccccc2)c2ccccc2)cc(OC)c1OC. The smallest absolute Gasteiger partial charge is 0.203 e. The van der Waals surface area contributed by atoms with Gasteiger partial charge < -0.3 is 14.2 Å². The molecule has 0 fully saturated rings. The summed E-state index contributed by atoms with van der Waals surface area (Å²) in [6.45, 7) is 0.111. The van der Waals surface area contributed by atoms with Gasteiger partial charge in [0, 0.05) is 6.21 Å². The van der Waals surface area contributed by atoms with E-state index in [1.54, 1.807) is 51.4 Å². The summed E-state index contributed by atoms with van der Waals surface area (Å²) in [4.78, 5) is 16.9. The third-order valence-corrected chi connectivity index (χ3v) is 6.18.